The van der Waals surface area contributed by atoms with Crippen LogP contribution in [0.25, 0.3) is 11.0 Å². The standard InChI is InChI=1S/C17H16FNO/c1-2-19-17(13-7-5-8-14(18)10-13)16-11-12-6-3-4-9-15(12)20-16/h3-11,17,19H,2H2,1H3. The Morgan fingerprint density at radius 2 is 1.95 bits per heavy atom. The topological polar surface area (TPSA) is 25.2 Å². The van der Waals surface area contributed by atoms with E-state index >= 15 is 0 Å². The van der Waals surface area contributed by atoms with Crippen LogP contribution in [0, 0.1) is 5.82 Å². The molecule has 0 aliphatic rings. The van der Waals surface area contributed by atoms with Crippen molar-refractivity contribution >= 4 is 11.0 Å². The number of fused-ring (bicyclic) bond motifs is 1. The highest BCUT2D eigenvalue weighted by molar-refractivity contribution is 5.77. The van der Waals surface area contributed by atoms with Gasteiger partial charge >= 0.3 is 0 Å². The SMILES string of the molecule is CCNC(c1cccc(F)c1)c1cc2ccccc2o1. The Morgan fingerprint density at radius 1 is 1.10 bits per heavy atom. The Labute approximate surface area is 117 Å². The van der Waals surface area contributed by atoms with Gasteiger partial charge in [-0.3, -0.25) is 0 Å². The highest BCUT2D eigenvalue weighted by Gasteiger charge is 2.17. The van der Waals surface area contributed by atoms with Gasteiger partial charge in [-0.25, -0.2) is 4.39 Å². The Balaban J connectivity index is 2.05. The molecule has 0 aliphatic heterocycles. The summed E-state index contributed by atoms with van der Waals surface area (Å²) in [6.45, 7) is 2.80. The number of nitrogens with one attached hydrogen (secondary N) is 1. The summed E-state index contributed by atoms with van der Waals surface area (Å²) in [5, 5.41) is 4.40. The lowest BCUT2D eigenvalue weighted by Gasteiger charge is -2.15. The van der Waals surface area contributed by atoms with E-state index in [0.717, 1.165) is 28.8 Å². The lowest BCUT2D eigenvalue weighted by Crippen LogP contribution is -2.21. The number of para-hydroxylation sites is 1. The first-order valence-electron chi connectivity index (χ1n) is 6.75. The molecule has 0 saturated carbocycles. The van der Waals surface area contributed by atoms with E-state index in [4.69, 9.17) is 4.42 Å². The molecule has 1 heterocycles. The summed E-state index contributed by atoms with van der Waals surface area (Å²) in [5.41, 5.74) is 1.72. The van der Waals surface area contributed by atoms with Gasteiger partial charge in [0.15, 0.2) is 0 Å². The van der Waals surface area contributed by atoms with Gasteiger partial charge in [-0.1, -0.05) is 37.3 Å². The molecule has 0 fully saturated rings. The van der Waals surface area contributed by atoms with Crippen molar-refractivity contribution in [2.45, 2.75) is 13.0 Å². The average Bonchev–Trinajstić information content (AvgIpc) is 2.88. The Morgan fingerprint density at radius 3 is 2.70 bits per heavy atom. The van der Waals surface area contributed by atoms with Gasteiger partial charge in [0.1, 0.15) is 17.2 Å². The number of hydrogen-bond donors (Lipinski definition) is 1. The maximum atomic E-state index is 13.4. The van der Waals surface area contributed by atoms with E-state index in [-0.39, 0.29) is 11.9 Å². The second-order valence-electron chi connectivity index (χ2n) is 4.73. The van der Waals surface area contributed by atoms with E-state index in [1.165, 1.54) is 6.07 Å². The summed E-state index contributed by atoms with van der Waals surface area (Å²) in [4.78, 5) is 0. The molecule has 1 unspecified atom stereocenters. The number of benzene rings is 2. The summed E-state index contributed by atoms with van der Waals surface area (Å²) >= 11 is 0. The van der Waals surface area contributed by atoms with E-state index < -0.39 is 0 Å². The number of halogens is 1. The molecule has 3 rings (SSSR count). The minimum Gasteiger partial charge on any atom is -0.459 e. The van der Waals surface area contributed by atoms with Crippen LogP contribution >= 0.6 is 0 Å². The molecule has 20 heavy (non-hydrogen) atoms. The molecule has 2 nitrogen and oxygen atoms in total. The molecule has 2 aromatic carbocycles. The lowest BCUT2D eigenvalue weighted by molar-refractivity contribution is 0.475. The van der Waals surface area contributed by atoms with Crippen LogP contribution in [0.5, 0.6) is 0 Å². The maximum Gasteiger partial charge on any atom is 0.134 e. The second-order valence-corrected chi connectivity index (χ2v) is 4.73. The van der Waals surface area contributed by atoms with Crippen LogP contribution in [0.4, 0.5) is 4.39 Å². The van der Waals surface area contributed by atoms with Crippen LogP contribution in [0.1, 0.15) is 24.3 Å². The summed E-state index contributed by atoms with van der Waals surface area (Å²) in [5.74, 6) is 0.570. The summed E-state index contributed by atoms with van der Waals surface area (Å²) in [6, 6.07) is 16.4. The third-order valence-corrected chi connectivity index (χ3v) is 3.32. The Bertz CT molecular complexity index is 687. The molecule has 1 aromatic heterocycles. The molecule has 3 heteroatoms. The molecule has 102 valence electrons. The molecular weight excluding hydrogens is 253 g/mol. The monoisotopic (exact) mass is 269 g/mol. The molecule has 0 spiro atoms. The highest BCUT2D eigenvalue weighted by atomic mass is 19.1. The van der Waals surface area contributed by atoms with Crippen molar-refractivity contribution in [1.82, 2.24) is 5.32 Å². The van der Waals surface area contributed by atoms with E-state index in [1.54, 1.807) is 12.1 Å². The normalized spacial score (nSPS) is 12.7. The van der Waals surface area contributed by atoms with E-state index in [2.05, 4.69) is 5.32 Å². The predicted molar refractivity (Wildman–Crippen MR) is 78.1 cm³/mol. The zero-order valence-electron chi connectivity index (χ0n) is 11.3. The summed E-state index contributed by atoms with van der Waals surface area (Å²) < 4.78 is 19.3. The van der Waals surface area contributed by atoms with Gasteiger partial charge in [-0.15, -0.1) is 0 Å². The number of hydrogen-bond acceptors (Lipinski definition) is 2. The highest BCUT2D eigenvalue weighted by Crippen LogP contribution is 2.28. The molecule has 0 bridgehead atoms. The summed E-state index contributed by atoms with van der Waals surface area (Å²) in [7, 11) is 0. The Kier molecular flexibility index (Phi) is 3.52. The van der Waals surface area contributed by atoms with Crippen molar-refractivity contribution in [1.29, 1.82) is 0 Å². The van der Waals surface area contributed by atoms with Gasteiger partial charge in [0.2, 0.25) is 0 Å². The molecular formula is C17H16FNO. The van der Waals surface area contributed by atoms with Crippen molar-refractivity contribution < 1.29 is 8.81 Å². The van der Waals surface area contributed by atoms with Gasteiger partial charge in [0.05, 0.1) is 6.04 Å². The average molecular weight is 269 g/mol. The van der Waals surface area contributed by atoms with E-state index in [1.807, 2.05) is 43.3 Å². The number of rotatable bonds is 4. The van der Waals surface area contributed by atoms with Crippen molar-refractivity contribution in [3.05, 3.63) is 71.7 Å². The first-order valence-corrected chi connectivity index (χ1v) is 6.75. The molecule has 1 N–H and O–H groups in total. The van der Waals surface area contributed by atoms with Crippen LogP contribution in [-0.4, -0.2) is 6.54 Å². The van der Waals surface area contributed by atoms with Crippen LogP contribution in [-0.2, 0) is 0 Å². The second kappa shape index (κ2) is 5.47. The minimum absolute atomic E-state index is 0.136. The fourth-order valence-corrected chi connectivity index (χ4v) is 2.42. The van der Waals surface area contributed by atoms with Crippen molar-refractivity contribution in [3.63, 3.8) is 0 Å². The fourth-order valence-electron chi connectivity index (χ4n) is 2.42. The molecule has 0 aliphatic carbocycles. The number of furan rings is 1. The van der Waals surface area contributed by atoms with Crippen molar-refractivity contribution in [3.8, 4) is 0 Å². The molecule has 1 atom stereocenters. The smallest absolute Gasteiger partial charge is 0.134 e. The largest absolute Gasteiger partial charge is 0.459 e. The van der Waals surface area contributed by atoms with Gasteiger partial charge in [0.25, 0.3) is 0 Å². The lowest BCUT2D eigenvalue weighted by atomic mass is 10.0. The van der Waals surface area contributed by atoms with Crippen molar-refractivity contribution in [2.75, 3.05) is 6.54 Å². The third kappa shape index (κ3) is 2.45. The predicted octanol–water partition coefficient (Wildman–Crippen LogP) is 4.27. The van der Waals surface area contributed by atoms with E-state index in [9.17, 15) is 4.39 Å². The van der Waals surface area contributed by atoms with Gasteiger partial charge < -0.3 is 9.73 Å². The zero-order chi connectivity index (χ0) is 13.9. The molecule has 3 aromatic rings. The fraction of sp³-hybridized carbons (Fsp3) is 0.176. The third-order valence-electron chi connectivity index (χ3n) is 3.32. The Hall–Kier alpha value is -2.13. The zero-order valence-corrected chi connectivity index (χ0v) is 11.3. The quantitative estimate of drug-likeness (QED) is 0.765. The van der Waals surface area contributed by atoms with Gasteiger partial charge in [-0.05, 0) is 36.4 Å². The van der Waals surface area contributed by atoms with Crippen LogP contribution in [0.15, 0.2) is 59.0 Å². The van der Waals surface area contributed by atoms with Crippen LogP contribution in [0.2, 0.25) is 0 Å². The maximum absolute atomic E-state index is 13.4. The van der Waals surface area contributed by atoms with Crippen LogP contribution in [0.3, 0.4) is 0 Å². The van der Waals surface area contributed by atoms with E-state index in [0.29, 0.717) is 0 Å². The first-order chi connectivity index (χ1) is 9.78. The van der Waals surface area contributed by atoms with Gasteiger partial charge in [0, 0.05) is 5.39 Å². The van der Waals surface area contributed by atoms with Crippen LogP contribution < -0.4 is 5.32 Å². The summed E-state index contributed by atoms with van der Waals surface area (Å²) in [6.07, 6.45) is 0. The first kappa shape index (κ1) is 12.9. The van der Waals surface area contributed by atoms with Crippen molar-refractivity contribution in [2.24, 2.45) is 0 Å². The minimum atomic E-state index is -0.235. The molecule has 0 saturated heterocycles. The molecule has 0 amide bonds. The molecule has 0 radical (unpaired) electrons. The van der Waals surface area contributed by atoms with Gasteiger partial charge in [-0.2, -0.15) is 0 Å².